The average molecular weight is 549 g/mol. The van der Waals surface area contributed by atoms with E-state index in [0.29, 0.717) is 49.9 Å². The maximum Gasteiger partial charge on any atom is 0.308 e. The number of aromatic nitrogens is 1. The van der Waals surface area contributed by atoms with Crippen LogP contribution in [0, 0.1) is 5.92 Å². The summed E-state index contributed by atoms with van der Waals surface area (Å²) in [4.78, 5) is 34.7. The Morgan fingerprint density at radius 1 is 1.18 bits per heavy atom. The zero-order valence-electron chi connectivity index (χ0n) is 22.7. The molecular weight excluding hydrogens is 512 g/mol. The van der Waals surface area contributed by atoms with Crippen LogP contribution in [0.5, 0.6) is 11.5 Å². The van der Waals surface area contributed by atoms with E-state index < -0.39 is 17.9 Å². The highest BCUT2D eigenvalue weighted by Gasteiger charge is 2.47. The van der Waals surface area contributed by atoms with Crippen molar-refractivity contribution < 1.29 is 28.6 Å². The van der Waals surface area contributed by atoms with Gasteiger partial charge >= 0.3 is 5.97 Å². The molecule has 10 heteroatoms. The van der Waals surface area contributed by atoms with E-state index in [1.807, 2.05) is 47.4 Å². The molecule has 0 bridgehead atoms. The quantitative estimate of drug-likeness (QED) is 0.347. The Balaban J connectivity index is 1.43. The van der Waals surface area contributed by atoms with Crippen molar-refractivity contribution in [3.63, 3.8) is 0 Å². The Morgan fingerprint density at radius 3 is 2.77 bits per heavy atom. The first-order valence-corrected chi connectivity index (χ1v) is 13.8. The molecule has 40 heavy (non-hydrogen) atoms. The van der Waals surface area contributed by atoms with Crippen molar-refractivity contribution in [1.29, 1.82) is 0 Å². The van der Waals surface area contributed by atoms with Gasteiger partial charge in [-0.2, -0.15) is 0 Å². The van der Waals surface area contributed by atoms with Crippen LogP contribution in [0.1, 0.15) is 49.1 Å². The maximum atomic E-state index is 13.9. The predicted molar refractivity (Wildman–Crippen MR) is 148 cm³/mol. The van der Waals surface area contributed by atoms with Crippen LogP contribution in [-0.2, 0) is 22.6 Å². The van der Waals surface area contributed by atoms with Gasteiger partial charge in [-0.15, -0.1) is 0 Å². The minimum Gasteiger partial charge on any atom is -0.481 e. The van der Waals surface area contributed by atoms with Crippen molar-refractivity contribution >= 4 is 17.6 Å². The molecule has 0 aliphatic carbocycles. The molecule has 3 N–H and O–H groups in total. The van der Waals surface area contributed by atoms with Gasteiger partial charge in [0, 0.05) is 43.7 Å². The van der Waals surface area contributed by atoms with Crippen LogP contribution in [0.25, 0.3) is 0 Å². The first kappa shape index (κ1) is 27.7. The van der Waals surface area contributed by atoms with E-state index >= 15 is 0 Å². The monoisotopic (exact) mass is 548 g/mol. The van der Waals surface area contributed by atoms with E-state index in [9.17, 15) is 14.7 Å². The highest BCUT2D eigenvalue weighted by molar-refractivity contribution is 5.95. The fraction of sp³-hybridized carbons (Fsp3) is 0.433. The van der Waals surface area contributed by atoms with Gasteiger partial charge < -0.3 is 29.6 Å². The molecule has 3 heterocycles. The maximum absolute atomic E-state index is 13.9. The van der Waals surface area contributed by atoms with Crippen LogP contribution in [-0.4, -0.2) is 59.3 Å². The number of carboxylic acids is 1. The Bertz CT molecular complexity index is 1310. The Morgan fingerprint density at radius 2 is 2.02 bits per heavy atom. The van der Waals surface area contributed by atoms with Crippen molar-refractivity contribution in [2.45, 2.75) is 51.1 Å². The second kappa shape index (κ2) is 12.5. The summed E-state index contributed by atoms with van der Waals surface area (Å²) in [6.07, 6.45) is 5.84. The molecule has 3 aromatic rings. The lowest BCUT2D eigenvalue weighted by Crippen LogP contribution is -2.44. The lowest BCUT2D eigenvalue weighted by Gasteiger charge is -2.30. The molecule has 0 spiro atoms. The Kier molecular flexibility index (Phi) is 8.66. The molecule has 1 amide bonds. The number of likely N-dealkylation sites (tertiary alicyclic amines) is 1. The number of aliphatic carboxylic acids is 1. The van der Waals surface area contributed by atoms with Crippen LogP contribution in [0.4, 0.5) is 5.69 Å². The molecule has 10 nitrogen and oxygen atoms in total. The van der Waals surface area contributed by atoms with Gasteiger partial charge in [-0.1, -0.05) is 31.5 Å². The van der Waals surface area contributed by atoms with E-state index in [1.54, 1.807) is 11.1 Å². The number of hydrogen-bond acceptors (Lipinski definition) is 8. The number of nitrogens with two attached hydrogens (primary N) is 1. The smallest absolute Gasteiger partial charge is 0.308 e. The van der Waals surface area contributed by atoms with Crippen LogP contribution in [0.2, 0.25) is 0 Å². The minimum absolute atomic E-state index is 0.0702. The highest BCUT2D eigenvalue weighted by atomic mass is 16.7. The molecule has 212 valence electrons. The largest absolute Gasteiger partial charge is 0.481 e. The van der Waals surface area contributed by atoms with Gasteiger partial charge in [0.05, 0.1) is 18.7 Å². The van der Waals surface area contributed by atoms with Crippen LogP contribution >= 0.6 is 0 Å². The third-order valence-corrected chi connectivity index (χ3v) is 7.83. The number of aryl methyl sites for hydroxylation is 1. The predicted octanol–water partition coefficient (Wildman–Crippen LogP) is 3.80. The summed E-state index contributed by atoms with van der Waals surface area (Å²) in [6, 6.07) is 12.9. The molecule has 2 aliphatic rings. The summed E-state index contributed by atoms with van der Waals surface area (Å²) in [7, 11) is 0. The second-order valence-corrected chi connectivity index (χ2v) is 10.3. The summed E-state index contributed by atoms with van der Waals surface area (Å²) in [5.74, 6) is -0.227. The minimum atomic E-state index is -0.895. The van der Waals surface area contributed by atoms with Gasteiger partial charge in [0.15, 0.2) is 17.4 Å². The van der Waals surface area contributed by atoms with Crippen LogP contribution in [0.3, 0.4) is 0 Å². The molecule has 5 rings (SSSR count). The van der Waals surface area contributed by atoms with Crippen LogP contribution in [0.15, 0.2) is 59.3 Å². The molecule has 1 fully saturated rings. The molecule has 1 aromatic heterocycles. The fourth-order valence-corrected chi connectivity index (χ4v) is 5.81. The van der Waals surface area contributed by atoms with Crippen LogP contribution < -0.4 is 20.1 Å². The normalized spacial score (nSPS) is 20.1. The molecule has 0 radical (unpaired) electrons. The molecular formula is C30H36N4O6. The number of carboxylic acid groups (broad SMARTS) is 1. The topological polar surface area (TPSA) is 131 Å². The molecule has 1 saturated heterocycles. The molecule has 0 saturated carbocycles. The highest BCUT2D eigenvalue weighted by Crippen LogP contribution is 2.43. The van der Waals surface area contributed by atoms with Crippen molar-refractivity contribution in [3.8, 4) is 11.5 Å². The number of benzene rings is 2. The number of amides is 1. The zero-order chi connectivity index (χ0) is 28.1. The number of hydrogen-bond donors (Lipinski definition) is 2. The fourth-order valence-electron chi connectivity index (χ4n) is 5.81. The van der Waals surface area contributed by atoms with Gasteiger partial charge in [-0.25, -0.2) is 4.98 Å². The van der Waals surface area contributed by atoms with Gasteiger partial charge in [0.25, 0.3) is 0 Å². The van der Waals surface area contributed by atoms with Crippen molar-refractivity contribution in [1.82, 2.24) is 9.88 Å². The zero-order valence-corrected chi connectivity index (χ0v) is 22.7. The average Bonchev–Trinajstić information content (AvgIpc) is 3.72. The lowest BCUT2D eigenvalue weighted by molar-refractivity contribution is -0.143. The number of carbonyl (C=O) groups is 2. The van der Waals surface area contributed by atoms with Gasteiger partial charge in [-0.05, 0) is 48.2 Å². The molecule has 1 unspecified atom stereocenters. The number of unbranched alkanes of at least 4 members (excludes halogenated alkanes) is 1. The summed E-state index contributed by atoms with van der Waals surface area (Å²) in [5, 5.41) is 10.5. The van der Waals surface area contributed by atoms with E-state index in [2.05, 4.69) is 11.9 Å². The third kappa shape index (κ3) is 5.97. The third-order valence-electron chi connectivity index (χ3n) is 7.83. The SMILES string of the molecule is CCCCN(C(=O)CN1C[C@H](c2ccc3c(c2)OCO3)C(C(=O)O)[C@@H]1CCc1ncco1)c1cccc(CN)c1. The number of nitrogens with zero attached hydrogens (tertiary/aromatic N) is 3. The number of anilines is 1. The summed E-state index contributed by atoms with van der Waals surface area (Å²) in [5.41, 5.74) is 8.48. The first-order chi connectivity index (χ1) is 19.5. The Hall–Kier alpha value is -3.89. The number of fused-ring (bicyclic) bond motifs is 1. The lowest BCUT2D eigenvalue weighted by atomic mass is 9.83. The van der Waals surface area contributed by atoms with Gasteiger partial charge in [-0.3, -0.25) is 14.5 Å². The number of oxazole rings is 1. The number of rotatable bonds is 12. The van der Waals surface area contributed by atoms with E-state index in [-0.39, 0.29) is 25.2 Å². The van der Waals surface area contributed by atoms with Crippen molar-refractivity contribution in [2.24, 2.45) is 11.7 Å². The molecule has 3 atom stereocenters. The standard InChI is InChI=1S/C30H36N4O6/c1-2-3-12-34(22-6-4-5-20(14-22)16-31)28(35)18-33-17-23(21-7-9-25-26(15-21)40-19-39-25)29(30(36)37)24(33)8-10-27-32-11-13-38-27/h4-7,9,11,13-15,23-24,29H,2-3,8,10,12,16-19,31H2,1H3,(H,36,37)/t23-,24+,29?/m1/s1. The number of carbonyl (C=O) groups excluding carboxylic acids is 1. The van der Waals surface area contributed by atoms with Gasteiger partial charge in [0.1, 0.15) is 6.26 Å². The molecule has 2 aliphatic heterocycles. The van der Waals surface area contributed by atoms with Crippen molar-refractivity contribution in [3.05, 3.63) is 71.9 Å². The summed E-state index contributed by atoms with van der Waals surface area (Å²) < 4.78 is 16.5. The van der Waals surface area contributed by atoms with Crippen molar-refractivity contribution in [2.75, 3.05) is 31.3 Å². The summed E-state index contributed by atoms with van der Waals surface area (Å²) >= 11 is 0. The number of ether oxygens (including phenoxy) is 2. The summed E-state index contributed by atoms with van der Waals surface area (Å²) in [6.45, 7) is 3.71. The Labute approximate surface area is 233 Å². The van der Waals surface area contributed by atoms with E-state index in [4.69, 9.17) is 19.6 Å². The molecule has 2 aromatic carbocycles. The van der Waals surface area contributed by atoms with E-state index in [0.717, 1.165) is 29.7 Å². The first-order valence-electron chi connectivity index (χ1n) is 13.8. The van der Waals surface area contributed by atoms with Gasteiger partial charge in [0.2, 0.25) is 12.7 Å². The second-order valence-electron chi connectivity index (χ2n) is 10.3. The van der Waals surface area contributed by atoms with E-state index in [1.165, 1.54) is 6.26 Å².